The SMILES string of the molecule is NC(=O)[C@H](NC(=O)[C@H]1CCCCO1)c1ccc(F)cc1. The van der Waals surface area contributed by atoms with Crippen LogP contribution in [-0.4, -0.2) is 24.5 Å². The minimum atomic E-state index is -0.978. The van der Waals surface area contributed by atoms with Crippen molar-refractivity contribution in [3.05, 3.63) is 35.6 Å². The molecule has 2 amide bonds. The number of carbonyl (C=O) groups is 2. The number of nitrogens with two attached hydrogens (primary N) is 1. The number of hydrogen-bond acceptors (Lipinski definition) is 3. The van der Waals surface area contributed by atoms with E-state index in [4.69, 9.17) is 10.5 Å². The van der Waals surface area contributed by atoms with Crippen LogP contribution in [0, 0.1) is 5.82 Å². The van der Waals surface area contributed by atoms with Gasteiger partial charge in [-0.05, 0) is 37.0 Å². The Morgan fingerprint density at radius 3 is 2.55 bits per heavy atom. The first-order chi connectivity index (χ1) is 9.58. The van der Waals surface area contributed by atoms with Crippen molar-refractivity contribution in [1.82, 2.24) is 5.32 Å². The van der Waals surface area contributed by atoms with Crippen molar-refractivity contribution in [2.45, 2.75) is 31.4 Å². The molecule has 0 unspecified atom stereocenters. The van der Waals surface area contributed by atoms with Gasteiger partial charge in [0.05, 0.1) is 0 Å². The van der Waals surface area contributed by atoms with E-state index in [-0.39, 0.29) is 5.91 Å². The van der Waals surface area contributed by atoms with E-state index in [9.17, 15) is 14.0 Å². The standard InChI is InChI=1S/C14H17FN2O3/c15-10-6-4-9(5-7-10)12(13(16)18)17-14(19)11-3-1-2-8-20-11/h4-7,11-12H,1-3,8H2,(H2,16,18)(H,17,19)/t11-,12-/m1/s1. The molecule has 0 aromatic heterocycles. The van der Waals surface area contributed by atoms with Gasteiger partial charge in [-0.2, -0.15) is 0 Å². The van der Waals surface area contributed by atoms with Crippen LogP contribution in [0.2, 0.25) is 0 Å². The molecule has 0 saturated carbocycles. The quantitative estimate of drug-likeness (QED) is 0.864. The van der Waals surface area contributed by atoms with Crippen LogP contribution in [-0.2, 0) is 14.3 Å². The zero-order valence-electron chi connectivity index (χ0n) is 11.0. The molecule has 6 heteroatoms. The van der Waals surface area contributed by atoms with E-state index >= 15 is 0 Å². The van der Waals surface area contributed by atoms with Gasteiger partial charge >= 0.3 is 0 Å². The number of benzene rings is 1. The predicted octanol–water partition coefficient (Wildman–Crippen LogP) is 1.04. The van der Waals surface area contributed by atoms with Crippen LogP contribution in [0.4, 0.5) is 4.39 Å². The molecule has 1 saturated heterocycles. The second-order valence-electron chi connectivity index (χ2n) is 4.75. The lowest BCUT2D eigenvalue weighted by Gasteiger charge is -2.24. The van der Waals surface area contributed by atoms with E-state index in [0.717, 1.165) is 12.8 Å². The van der Waals surface area contributed by atoms with Gasteiger partial charge < -0.3 is 15.8 Å². The Labute approximate surface area is 116 Å². The number of hydrogen-bond donors (Lipinski definition) is 2. The van der Waals surface area contributed by atoms with Crippen molar-refractivity contribution in [3.8, 4) is 0 Å². The van der Waals surface area contributed by atoms with Crippen LogP contribution in [0.15, 0.2) is 24.3 Å². The molecule has 0 bridgehead atoms. The second kappa shape index (κ2) is 6.47. The molecule has 1 heterocycles. The van der Waals surface area contributed by atoms with Crippen LogP contribution in [0.5, 0.6) is 0 Å². The van der Waals surface area contributed by atoms with Gasteiger partial charge in [0.2, 0.25) is 11.8 Å². The average Bonchev–Trinajstić information content (AvgIpc) is 2.46. The van der Waals surface area contributed by atoms with Crippen LogP contribution in [0.25, 0.3) is 0 Å². The molecule has 0 spiro atoms. The summed E-state index contributed by atoms with van der Waals surface area (Å²) in [5.41, 5.74) is 5.74. The monoisotopic (exact) mass is 280 g/mol. The molecule has 2 atom stereocenters. The van der Waals surface area contributed by atoms with E-state index < -0.39 is 23.9 Å². The number of ether oxygens (including phenoxy) is 1. The van der Waals surface area contributed by atoms with Gasteiger partial charge in [-0.15, -0.1) is 0 Å². The lowest BCUT2D eigenvalue weighted by Crippen LogP contribution is -2.44. The van der Waals surface area contributed by atoms with E-state index in [1.807, 2.05) is 0 Å². The van der Waals surface area contributed by atoms with Gasteiger partial charge in [0.15, 0.2) is 0 Å². The molecule has 108 valence electrons. The molecule has 0 aliphatic carbocycles. The predicted molar refractivity (Wildman–Crippen MR) is 70.1 cm³/mol. The number of carbonyl (C=O) groups excluding carboxylic acids is 2. The van der Waals surface area contributed by atoms with E-state index in [2.05, 4.69) is 5.32 Å². The number of nitrogens with one attached hydrogen (secondary N) is 1. The molecule has 0 radical (unpaired) electrons. The summed E-state index contributed by atoms with van der Waals surface area (Å²) in [6.45, 7) is 0.538. The Bertz CT molecular complexity index is 484. The maximum absolute atomic E-state index is 12.9. The summed E-state index contributed by atoms with van der Waals surface area (Å²) >= 11 is 0. The summed E-state index contributed by atoms with van der Waals surface area (Å²) in [5, 5.41) is 2.56. The summed E-state index contributed by atoms with van der Waals surface area (Å²) in [6.07, 6.45) is 1.92. The summed E-state index contributed by atoms with van der Waals surface area (Å²) < 4.78 is 18.2. The zero-order chi connectivity index (χ0) is 14.5. The van der Waals surface area contributed by atoms with Gasteiger partial charge in [-0.25, -0.2) is 4.39 Å². The maximum atomic E-state index is 12.9. The van der Waals surface area contributed by atoms with E-state index in [1.165, 1.54) is 24.3 Å². The van der Waals surface area contributed by atoms with Gasteiger partial charge in [0, 0.05) is 6.61 Å². The van der Waals surface area contributed by atoms with Crippen LogP contribution >= 0.6 is 0 Å². The molecule has 3 N–H and O–H groups in total. The van der Waals surface area contributed by atoms with Gasteiger partial charge in [-0.1, -0.05) is 12.1 Å². The Morgan fingerprint density at radius 1 is 1.30 bits per heavy atom. The van der Waals surface area contributed by atoms with Gasteiger partial charge in [-0.3, -0.25) is 9.59 Å². The molecule has 2 rings (SSSR count). The molecule has 20 heavy (non-hydrogen) atoms. The van der Waals surface area contributed by atoms with E-state index in [0.29, 0.717) is 18.6 Å². The van der Waals surface area contributed by atoms with Gasteiger partial charge in [0.25, 0.3) is 0 Å². The number of halogens is 1. The first-order valence-corrected chi connectivity index (χ1v) is 6.54. The summed E-state index contributed by atoms with van der Waals surface area (Å²) in [6, 6.07) is 4.30. The highest BCUT2D eigenvalue weighted by Crippen LogP contribution is 2.17. The fourth-order valence-corrected chi connectivity index (χ4v) is 2.16. The molecule has 5 nitrogen and oxygen atoms in total. The highest BCUT2D eigenvalue weighted by molar-refractivity contribution is 5.89. The largest absolute Gasteiger partial charge is 0.368 e. The third-order valence-electron chi connectivity index (χ3n) is 3.25. The van der Waals surface area contributed by atoms with Crippen LogP contribution in [0.1, 0.15) is 30.9 Å². The summed E-state index contributed by atoms with van der Waals surface area (Å²) in [4.78, 5) is 23.5. The fraction of sp³-hybridized carbons (Fsp3) is 0.429. The van der Waals surface area contributed by atoms with Crippen LogP contribution in [0.3, 0.4) is 0 Å². The van der Waals surface area contributed by atoms with Crippen molar-refractivity contribution in [2.24, 2.45) is 5.73 Å². The second-order valence-corrected chi connectivity index (χ2v) is 4.75. The molecular formula is C14H17FN2O3. The minimum absolute atomic E-state index is 0.363. The minimum Gasteiger partial charge on any atom is -0.368 e. The topological polar surface area (TPSA) is 81.4 Å². The van der Waals surface area contributed by atoms with E-state index in [1.54, 1.807) is 0 Å². The average molecular weight is 280 g/mol. The highest BCUT2D eigenvalue weighted by Gasteiger charge is 2.27. The zero-order valence-corrected chi connectivity index (χ0v) is 11.0. The maximum Gasteiger partial charge on any atom is 0.250 e. The first kappa shape index (κ1) is 14.5. The van der Waals surface area contributed by atoms with Crippen molar-refractivity contribution < 1.29 is 18.7 Å². The summed E-state index contributed by atoms with van der Waals surface area (Å²) in [5.74, 6) is -1.47. The Kier molecular flexibility index (Phi) is 4.68. The van der Waals surface area contributed by atoms with Crippen molar-refractivity contribution in [1.29, 1.82) is 0 Å². The van der Waals surface area contributed by atoms with Crippen molar-refractivity contribution >= 4 is 11.8 Å². The first-order valence-electron chi connectivity index (χ1n) is 6.54. The lowest BCUT2D eigenvalue weighted by molar-refractivity contribution is -0.138. The third-order valence-corrected chi connectivity index (χ3v) is 3.25. The Balaban J connectivity index is 2.07. The smallest absolute Gasteiger partial charge is 0.250 e. The molecule has 1 aromatic rings. The normalized spacial score (nSPS) is 20.1. The van der Waals surface area contributed by atoms with Crippen LogP contribution < -0.4 is 11.1 Å². The molecule has 1 aliphatic rings. The fourth-order valence-electron chi connectivity index (χ4n) is 2.16. The number of primary amides is 1. The summed E-state index contributed by atoms with van der Waals surface area (Å²) in [7, 11) is 0. The Hall–Kier alpha value is -1.95. The third kappa shape index (κ3) is 3.54. The van der Waals surface area contributed by atoms with Crippen molar-refractivity contribution in [3.63, 3.8) is 0 Å². The molecular weight excluding hydrogens is 263 g/mol. The molecule has 1 aromatic carbocycles. The lowest BCUT2D eigenvalue weighted by atomic mass is 10.0. The molecule has 1 aliphatic heterocycles. The van der Waals surface area contributed by atoms with Crippen molar-refractivity contribution in [2.75, 3.05) is 6.61 Å². The molecule has 1 fully saturated rings. The number of rotatable bonds is 4. The highest BCUT2D eigenvalue weighted by atomic mass is 19.1. The Morgan fingerprint density at radius 2 is 2.00 bits per heavy atom. The number of amides is 2. The van der Waals surface area contributed by atoms with Gasteiger partial charge in [0.1, 0.15) is 18.0 Å².